The van der Waals surface area contributed by atoms with Crippen molar-refractivity contribution in [3.05, 3.63) is 132 Å². The van der Waals surface area contributed by atoms with Crippen LogP contribution in [0, 0.1) is 11.3 Å². The summed E-state index contributed by atoms with van der Waals surface area (Å²) in [5.41, 5.74) is 2.78. The number of hydrogen-bond acceptors (Lipinski definition) is 11. The van der Waals surface area contributed by atoms with Crippen LogP contribution in [0.4, 0.5) is 0 Å². The molecule has 5 aromatic carbocycles. The molecule has 0 amide bonds. The third-order valence-corrected chi connectivity index (χ3v) is 10.0. The lowest BCUT2D eigenvalue weighted by molar-refractivity contribution is -0.137. The Bertz CT molecular complexity index is 2250. The molecule has 1 aliphatic carbocycles. The Morgan fingerprint density at radius 1 is 0.672 bits per heavy atom. The maximum Gasteiger partial charge on any atom is 0.343 e. The molecule has 11 nitrogen and oxygen atoms in total. The monoisotopic (exact) mass is 783 g/mol. The fraction of sp³-hybridized carbons (Fsp3) is 0.277. The van der Waals surface area contributed by atoms with Crippen LogP contribution in [0.15, 0.2) is 116 Å². The van der Waals surface area contributed by atoms with Crippen molar-refractivity contribution >= 4 is 34.9 Å². The van der Waals surface area contributed by atoms with Crippen LogP contribution in [0.3, 0.4) is 0 Å². The standard InChI is InChI=1S/C47H45NO10/c1-2-45(49)55-24-4-23-53-39-15-12-33(13-16-39)32-6-8-34(9-7-32)46(50)56-41-18-20-42(38(28-41)29-48)58-47(51)37-11-10-36-27-40(17-14-35(36)26-37)54-22-3-21-52-30-31-5-19-43-44(25-31)57-43/h2,6-18,20,26-29,31,43-44,48H,1,3-5,19,21-25,30H2. The molecule has 0 aromatic heterocycles. The molecule has 58 heavy (non-hydrogen) atoms. The van der Waals surface area contributed by atoms with Crippen molar-refractivity contribution in [2.24, 2.45) is 5.92 Å². The number of epoxide rings is 1. The second-order valence-electron chi connectivity index (χ2n) is 14.2. The zero-order valence-corrected chi connectivity index (χ0v) is 32.1. The van der Waals surface area contributed by atoms with E-state index in [4.69, 9.17) is 38.6 Å². The fourth-order valence-electron chi connectivity index (χ4n) is 6.82. The van der Waals surface area contributed by atoms with Crippen LogP contribution in [0.2, 0.25) is 0 Å². The van der Waals surface area contributed by atoms with Crippen LogP contribution in [0.5, 0.6) is 23.0 Å². The molecule has 1 saturated heterocycles. The second kappa shape index (κ2) is 19.2. The first-order chi connectivity index (χ1) is 28.3. The molecule has 2 fully saturated rings. The Labute approximate surface area is 336 Å². The van der Waals surface area contributed by atoms with Gasteiger partial charge in [0, 0.05) is 43.9 Å². The number of ether oxygens (including phenoxy) is 7. The van der Waals surface area contributed by atoms with Gasteiger partial charge >= 0.3 is 17.9 Å². The molecule has 0 bridgehead atoms. The van der Waals surface area contributed by atoms with E-state index in [2.05, 4.69) is 6.58 Å². The van der Waals surface area contributed by atoms with Crippen LogP contribution in [0.1, 0.15) is 58.4 Å². The predicted octanol–water partition coefficient (Wildman–Crippen LogP) is 8.79. The minimum Gasteiger partial charge on any atom is -0.493 e. The zero-order valence-electron chi connectivity index (χ0n) is 32.1. The summed E-state index contributed by atoms with van der Waals surface area (Å²) >= 11 is 0. The van der Waals surface area contributed by atoms with Crippen molar-refractivity contribution in [1.29, 1.82) is 5.41 Å². The highest BCUT2D eigenvalue weighted by atomic mass is 16.6. The van der Waals surface area contributed by atoms with E-state index in [1.807, 2.05) is 60.7 Å². The molecule has 1 saturated carbocycles. The molecular weight excluding hydrogens is 739 g/mol. The predicted molar refractivity (Wildman–Crippen MR) is 218 cm³/mol. The summed E-state index contributed by atoms with van der Waals surface area (Å²) in [6, 6.07) is 30.0. The van der Waals surface area contributed by atoms with E-state index in [0.29, 0.717) is 61.2 Å². The van der Waals surface area contributed by atoms with Gasteiger partial charge in [-0.3, -0.25) is 0 Å². The Hall–Kier alpha value is -6.30. The van der Waals surface area contributed by atoms with Crippen LogP contribution in [-0.4, -0.2) is 69.4 Å². The van der Waals surface area contributed by atoms with Crippen molar-refractivity contribution in [2.45, 2.75) is 44.3 Å². The maximum absolute atomic E-state index is 13.2. The van der Waals surface area contributed by atoms with Crippen molar-refractivity contribution in [3.8, 4) is 34.1 Å². The van der Waals surface area contributed by atoms with Crippen molar-refractivity contribution < 1.29 is 47.5 Å². The maximum atomic E-state index is 13.2. The highest BCUT2D eigenvalue weighted by molar-refractivity contribution is 5.98. The van der Waals surface area contributed by atoms with Crippen molar-refractivity contribution in [1.82, 2.24) is 0 Å². The number of nitrogens with one attached hydrogen (secondary N) is 1. The van der Waals surface area contributed by atoms with Crippen molar-refractivity contribution in [2.75, 3.05) is 33.0 Å². The van der Waals surface area contributed by atoms with E-state index in [1.54, 1.807) is 24.3 Å². The van der Waals surface area contributed by atoms with E-state index in [1.165, 1.54) is 24.6 Å². The van der Waals surface area contributed by atoms with Crippen LogP contribution in [-0.2, 0) is 19.0 Å². The van der Waals surface area contributed by atoms with Gasteiger partial charge in [-0.05, 0) is 114 Å². The van der Waals surface area contributed by atoms with Gasteiger partial charge < -0.3 is 38.6 Å². The number of fused-ring (bicyclic) bond motifs is 2. The summed E-state index contributed by atoms with van der Waals surface area (Å²) in [5.74, 6) is 0.762. The zero-order chi connectivity index (χ0) is 40.3. The number of rotatable bonds is 19. The van der Waals surface area contributed by atoms with Crippen LogP contribution >= 0.6 is 0 Å². The molecule has 11 heteroatoms. The Kier molecular flexibility index (Phi) is 13.2. The second-order valence-corrected chi connectivity index (χ2v) is 14.2. The van der Waals surface area contributed by atoms with Gasteiger partial charge in [0.15, 0.2) is 0 Å². The first-order valence-electron chi connectivity index (χ1n) is 19.5. The summed E-state index contributed by atoms with van der Waals surface area (Å²) in [6.45, 7) is 6.00. The summed E-state index contributed by atoms with van der Waals surface area (Å²) in [5, 5.41) is 9.69. The first kappa shape index (κ1) is 39.9. The molecule has 1 N–H and O–H groups in total. The Morgan fingerprint density at radius 2 is 1.33 bits per heavy atom. The van der Waals surface area contributed by atoms with E-state index in [-0.39, 0.29) is 23.7 Å². The highest BCUT2D eigenvalue weighted by Gasteiger charge is 2.43. The van der Waals surface area contributed by atoms with Gasteiger partial charge in [-0.2, -0.15) is 0 Å². The molecule has 2 aliphatic rings. The van der Waals surface area contributed by atoms with Gasteiger partial charge in [0.2, 0.25) is 0 Å². The minimum atomic E-state index is -0.584. The number of carbonyl (C=O) groups excluding carboxylic acids is 3. The lowest BCUT2D eigenvalue weighted by Crippen LogP contribution is -2.19. The smallest absolute Gasteiger partial charge is 0.343 e. The lowest BCUT2D eigenvalue weighted by Gasteiger charge is -2.18. The van der Waals surface area contributed by atoms with E-state index in [0.717, 1.165) is 65.8 Å². The summed E-state index contributed by atoms with van der Waals surface area (Å²) < 4.78 is 39.4. The normalized spacial score (nSPS) is 16.7. The molecule has 3 unspecified atom stereocenters. The van der Waals surface area contributed by atoms with Gasteiger partial charge in [-0.25, -0.2) is 14.4 Å². The summed E-state index contributed by atoms with van der Waals surface area (Å²) in [7, 11) is 0. The SMILES string of the molecule is C=CC(=O)OCCCOc1ccc(-c2ccc(C(=O)Oc3ccc(OC(=O)c4ccc5cc(OCCCOCC6CCC7OC7C6)ccc5c4)c(C=N)c3)cc2)cc1. The topological polar surface area (TPSA) is 143 Å². The Morgan fingerprint density at radius 3 is 2.09 bits per heavy atom. The largest absolute Gasteiger partial charge is 0.493 e. The molecule has 3 atom stereocenters. The number of carbonyl (C=O) groups is 3. The quantitative estimate of drug-likeness (QED) is 0.0216. The molecule has 298 valence electrons. The van der Waals surface area contributed by atoms with Crippen LogP contribution < -0.4 is 18.9 Å². The summed E-state index contributed by atoms with van der Waals surface area (Å²) in [6.07, 6.45) is 7.95. The van der Waals surface area contributed by atoms with Gasteiger partial charge in [-0.15, -0.1) is 0 Å². The number of benzene rings is 5. The third kappa shape index (κ3) is 10.8. The average Bonchev–Trinajstić information content (AvgIpc) is 4.04. The average molecular weight is 784 g/mol. The number of hydrogen-bond donors (Lipinski definition) is 1. The first-order valence-corrected chi connectivity index (χ1v) is 19.5. The van der Waals surface area contributed by atoms with Gasteiger partial charge in [0.1, 0.15) is 23.0 Å². The molecule has 1 aliphatic heterocycles. The van der Waals surface area contributed by atoms with E-state index < -0.39 is 17.9 Å². The molecule has 5 aromatic rings. The molecule has 0 radical (unpaired) electrons. The Balaban J connectivity index is 0.864. The molecular formula is C47H45NO10. The minimum absolute atomic E-state index is 0.159. The number of esters is 3. The molecule has 7 rings (SSSR count). The fourth-order valence-corrected chi connectivity index (χ4v) is 6.82. The van der Waals surface area contributed by atoms with Gasteiger partial charge in [-0.1, -0.05) is 43.0 Å². The van der Waals surface area contributed by atoms with Gasteiger partial charge in [0.25, 0.3) is 0 Å². The van der Waals surface area contributed by atoms with Crippen LogP contribution in [0.25, 0.3) is 21.9 Å². The lowest BCUT2D eigenvalue weighted by atomic mass is 9.90. The van der Waals surface area contributed by atoms with E-state index >= 15 is 0 Å². The van der Waals surface area contributed by atoms with Gasteiger partial charge in [0.05, 0.1) is 43.2 Å². The van der Waals surface area contributed by atoms with E-state index in [9.17, 15) is 14.4 Å². The molecule has 0 spiro atoms. The van der Waals surface area contributed by atoms with Crippen molar-refractivity contribution in [3.63, 3.8) is 0 Å². The third-order valence-electron chi connectivity index (χ3n) is 10.0. The highest BCUT2D eigenvalue weighted by Crippen LogP contribution is 2.39. The molecule has 1 heterocycles. The summed E-state index contributed by atoms with van der Waals surface area (Å²) in [4.78, 5) is 37.3.